The summed E-state index contributed by atoms with van der Waals surface area (Å²) < 4.78 is 13.1. The fourth-order valence-electron chi connectivity index (χ4n) is 3.11. The average Bonchev–Trinajstić information content (AvgIpc) is 2.89. The number of hydrogen-bond acceptors (Lipinski definition) is 3. The van der Waals surface area contributed by atoms with Crippen molar-refractivity contribution in [3.05, 3.63) is 30.1 Å². The summed E-state index contributed by atoms with van der Waals surface area (Å²) in [6.45, 7) is 3.03. The maximum atomic E-state index is 13.1. The molecule has 0 aliphatic heterocycles. The second kappa shape index (κ2) is 7.82. The molecular formula is C17H23FN2S. The minimum Gasteiger partial charge on any atom is -0.299 e. The van der Waals surface area contributed by atoms with E-state index in [0.29, 0.717) is 5.92 Å². The predicted octanol–water partition coefficient (Wildman–Crippen LogP) is 4.37. The van der Waals surface area contributed by atoms with Crippen molar-refractivity contribution in [2.45, 2.75) is 49.5 Å². The normalized spacial score (nSPS) is 24.9. The van der Waals surface area contributed by atoms with Crippen molar-refractivity contribution < 1.29 is 4.39 Å². The Bertz CT molecular complexity index is 500. The molecule has 0 saturated heterocycles. The summed E-state index contributed by atoms with van der Waals surface area (Å²) in [4.78, 5) is 0.970. The third-order valence-corrected chi connectivity index (χ3v) is 5.27. The zero-order valence-corrected chi connectivity index (χ0v) is 13.4. The summed E-state index contributed by atoms with van der Waals surface area (Å²) in [6, 6.07) is 9.27. The van der Waals surface area contributed by atoms with Gasteiger partial charge in [0.05, 0.1) is 6.07 Å². The molecule has 1 N–H and O–H groups in total. The second-order valence-corrected chi connectivity index (χ2v) is 6.86. The van der Waals surface area contributed by atoms with Crippen LogP contribution < -0.4 is 5.32 Å². The summed E-state index contributed by atoms with van der Waals surface area (Å²) in [5.41, 5.74) is -0.335. The van der Waals surface area contributed by atoms with Gasteiger partial charge >= 0.3 is 0 Å². The quantitative estimate of drug-likeness (QED) is 0.760. The van der Waals surface area contributed by atoms with Gasteiger partial charge in [-0.1, -0.05) is 19.4 Å². The first kappa shape index (κ1) is 16.3. The summed E-state index contributed by atoms with van der Waals surface area (Å²) in [7, 11) is 0. The highest BCUT2D eigenvalue weighted by molar-refractivity contribution is 7.99. The van der Waals surface area contributed by atoms with Crippen LogP contribution in [0, 0.1) is 23.1 Å². The highest BCUT2D eigenvalue weighted by Gasteiger charge is 2.42. The number of benzene rings is 1. The first-order chi connectivity index (χ1) is 10.2. The van der Waals surface area contributed by atoms with Crippen LogP contribution in [0.4, 0.5) is 4.39 Å². The lowest BCUT2D eigenvalue weighted by Gasteiger charge is -2.30. The van der Waals surface area contributed by atoms with Crippen molar-refractivity contribution in [1.29, 1.82) is 5.26 Å². The SMILES string of the molecule is CCCNC1(C#N)CCCC1CCSc1cccc(F)c1. The second-order valence-electron chi connectivity index (χ2n) is 5.69. The first-order valence-electron chi connectivity index (χ1n) is 7.75. The van der Waals surface area contributed by atoms with Crippen LogP contribution in [0.15, 0.2) is 29.2 Å². The van der Waals surface area contributed by atoms with Crippen LogP contribution in [0.1, 0.15) is 39.0 Å². The molecular weight excluding hydrogens is 283 g/mol. The van der Waals surface area contributed by atoms with Crippen molar-refractivity contribution in [3.63, 3.8) is 0 Å². The predicted molar refractivity (Wildman–Crippen MR) is 85.7 cm³/mol. The standard InChI is InChI=1S/C17H23FN2S/c1-2-10-20-17(13-19)9-4-5-14(17)8-11-21-16-7-3-6-15(18)12-16/h3,6-7,12,14,20H,2,4-5,8-11H2,1H3. The van der Waals surface area contributed by atoms with E-state index >= 15 is 0 Å². The molecule has 1 aromatic carbocycles. The lowest BCUT2D eigenvalue weighted by molar-refractivity contribution is 0.311. The maximum absolute atomic E-state index is 13.1. The molecule has 0 heterocycles. The zero-order chi connectivity index (χ0) is 15.1. The van der Waals surface area contributed by atoms with Gasteiger partial charge < -0.3 is 0 Å². The van der Waals surface area contributed by atoms with Gasteiger partial charge in [0.15, 0.2) is 0 Å². The molecule has 0 spiro atoms. The van der Waals surface area contributed by atoms with E-state index < -0.39 is 0 Å². The number of hydrogen-bond donors (Lipinski definition) is 1. The van der Waals surface area contributed by atoms with E-state index in [9.17, 15) is 9.65 Å². The molecule has 1 aromatic rings. The van der Waals surface area contributed by atoms with Gasteiger partial charge in [-0.05, 0) is 62.1 Å². The van der Waals surface area contributed by atoms with E-state index in [1.54, 1.807) is 23.9 Å². The molecule has 0 radical (unpaired) electrons. The van der Waals surface area contributed by atoms with Gasteiger partial charge in [-0.25, -0.2) is 4.39 Å². The van der Waals surface area contributed by atoms with Crippen LogP contribution >= 0.6 is 11.8 Å². The van der Waals surface area contributed by atoms with Crippen molar-refractivity contribution in [3.8, 4) is 6.07 Å². The molecule has 1 fully saturated rings. The van der Waals surface area contributed by atoms with Gasteiger partial charge in [-0.15, -0.1) is 11.8 Å². The van der Waals surface area contributed by atoms with E-state index in [4.69, 9.17) is 0 Å². The molecule has 0 bridgehead atoms. The molecule has 0 amide bonds. The van der Waals surface area contributed by atoms with Crippen LogP contribution in [0.3, 0.4) is 0 Å². The summed E-state index contributed by atoms with van der Waals surface area (Å²) in [5, 5.41) is 13.1. The number of nitrogens with zero attached hydrogens (tertiary/aromatic N) is 1. The third-order valence-electron chi connectivity index (χ3n) is 4.24. The van der Waals surface area contributed by atoms with E-state index in [1.807, 2.05) is 6.07 Å². The van der Waals surface area contributed by atoms with Gasteiger partial charge in [0.25, 0.3) is 0 Å². The fourth-order valence-corrected chi connectivity index (χ4v) is 4.12. The Morgan fingerprint density at radius 2 is 2.38 bits per heavy atom. The van der Waals surface area contributed by atoms with Crippen LogP contribution in [0.5, 0.6) is 0 Å². The smallest absolute Gasteiger partial charge is 0.124 e. The Labute approximate surface area is 131 Å². The molecule has 2 nitrogen and oxygen atoms in total. The number of rotatable bonds is 7. The number of nitrogens with one attached hydrogen (secondary N) is 1. The monoisotopic (exact) mass is 306 g/mol. The van der Waals surface area contributed by atoms with Crippen LogP contribution in [-0.2, 0) is 0 Å². The van der Waals surface area contributed by atoms with Gasteiger partial charge in [0.1, 0.15) is 11.4 Å². The van der Waals surface area contributed by atoms with E-state index in [-0.39, 0.29) is 11.4 Å². The van der Waals surface area contributed by atoms with Crippen molar-refractivity contribution in [2.75, 3.05) is 12.3 Å². The van der Waals surface area contributed by atoms with Crippen LogP contribution in [0.2, 0.25) is 0 Å². The zero-order valence-electron chi connectivity index (χ0n) is 12.6. The van der Waals surface area contributed by atoms with E-state index in [0.717, 1.165) is 49.3 Å². The topological polar surface area (TPSA) is 35.8 Å². The van der Waals surface area contributed by atoms with Crippen molar-refractivity contribution in [1.82, 2.24) is 5.32 Å². The Hall–Kier alpha value is -1.05. The van der Waals surface area contributed by atoms with Gasteiger partial charge in [0.2, 0.25) is 0 Å². The van der Waals surface area contributed by atoms with E-state index in [1.165, 1.54) is 6.07 Å². The summed E-state index contributed by atoms with van der Waals surface area (Å²) >= 11 is 1.68. The molecule has 2 atom stereocenters. The molecule has 114 valence electrons. The number of halogens is 1. The van der Waals surface area contributed by atoms with Gasteiger partial charge in [0, 0.05) is 4.90 Å². The molecule has 1 saturated carbocycles. The lowest BCUT2D eigenvalue weighted by Crippen LogP contribution is -2.47. The Kier molecular flexibility index (Phi) is 6.08. The molecule has 2 rings (SSSR count). The highest BCUT2D eigenvalue weighted by atomic mass is 32.2. The lowest BCUT2D eigenvalue weighted by atomic mass is 9.86. The Morgan fingerprint density at radius 1 is 1.52 bits per heavy atom. The van der Waals surface area contributed by atoms with Gasteiger partial charge in [-0.2, -0.15) is 5.26 Å². The van der Waals surface area contributed by atoms with Gasteiger partial charge in [-0.3, -0.25) is 5.32 Å². The molecule has 2 unspecified atom stereocenters. The first-order valence-corrected chi connectivity index (χ1v) is 8.73. The van der Waals surface area contributed by atoms with Crippen molar-refractivity contribution in [2.24, 2.45) is 5.92 Å². The minimum absolute atomic E-state index is 0.183. The Morgan fingerprint density at radius 3 is 3.10 bits per heavy atom. The van der Waals surface area contributed by atoms with Crippen molar-refractivity contribution >= 4 is 11.8 Å². The van der Waals surface area contributed by atoms with E-state index in [2.05, 4.69) is 18.3 Å². The molecule has 1 aliphatic carbocycles. The number of nitriles is 1. The summed E-state index contributed by atoms with van der Waals surface area (Å²) in [6.07, 6.45) is 5.26. The third kappa shape index (κ3) is 4.21. The van der Waals surface area contributed by atoms with Crippen LogP contribution in [0.25, 0.3) is 0 Å². The molecule has 21 heavy (non-hydrogen) atoms. The molecule has 1 aliphatic rings. The minimum atomic E-state index is -0.335. The largest absolute Gasteiger partial charge is 0.299 e. The highest BCUT2D eigenvalue weighted by Crippen LogP contribution is 2.38. The maximum Gasteiger partial charge on any atom is 0.124 e. The Balaban J connectivity index is 1.88. The average molecular weight is 306 g/mol. The fraction of sp³-hybridized carbons (Fsp3) is 0.588. The molecule has 4 heteroatoms. The number of thioether (sulfide) groups is 1. The summed E-state index contributed by atoms with van der Waals surface area (Å²) in [5.74, 6) is 1.16. The molecule has 0 aromatic heterocycles. The van der Waals surface area contributed by atoms with Crippen LogP contribution in [-0.4, -0.2) is 17.8 Å².